The molecule has 0 unspecified atom stereocenters. The van der Waals surface area contributed by atoms with Crippen molar-refractivity contribution in [1.82, 2.24) is 19.4 Å². The molecule has 0 spiro atoms. The van der Waals surface area contributed by atoms with Crippen molar-refractivity contribution in [3.05, 3.63) is 57.5 Å². The molecule has 1 N–H and O–H groups in total. The van der Waals surface area contributed by atoms with Crippen LogP contribution in [-0.4, -0.2) is 37.7 Å². The Morgan fingerprint density at radius 1 is 1.22 bits per heavy atom. The van der Waals surface area contributed by atoms with Crippen LogP contribution in [0.15, 0.2) is 35.3 Å². The maximum atomic E-state index is 13.0. The van der Waals surface area contributed by atoms with Crippen molar-refractivity contribution >= 4 is 28.8 Å². The van der Waals surface area contributed by atoms with E-state index in [0.29, 0.717) is 30.1 Å². The number of nitrogens with zero attached hydrogens (tertiary/aromatic N) is 5. The number of nitriles is 1. The predicted molar refractivity (Wildman–Crippen MR) is 138 cm³/mol. The van der Waals surface area contributed by atoms with E-state index in [1.54, 1.807) is 21.7 Å². The number of fused-ring (bicyclic) bond motifs is 2. The van der Waals surface area contributed by atoms with E-state index in [1.165, 1.54) is 5.56 Å². The number of ether oxygens (including phenoxy) is 1. The monoisotopic (exact) mass is 488 g/mol. The Hall–Kier alpha value is -3.93. The van der Waals surface area contributed by atoms with Gasteiger partial charge in [0.2, 0.25) is 5.95 Å². The van der Waals surface area contributed by atoms with E-state index >= 15 is 0 Å². The van der Waals surface area contributed by atoms with E-state index in [4.69, 9.17) is 4.74 Å². The van der Waals surface area contributed by atoms with E-state index in [-0.39, 0.29) is 23.3 Å². The molecule has 36 heavy (non-hydrogen) atoms. The first-order valence-corrected chi connectivity index (χ1v) is 12.3. The number of pyridine rings is 1. The van der Waals surface area contributed by atoms with Crippen molar-refractivity contribution in [3.8, 4) is 6.07 Å². The Bertz CT molecular complexity index is 1400. The molecule has 0 saturated carbocycles. The number of hydrogen-bond donors (Lipinski definition) is 1. The third-order valence-electron chi connectivity index (χ3n) is 6.33. The van der Waals surface area contributed by atoms with Crippen LogP contribution in [0.25, 0.3) is 11.0 Å². The van der Waals surface area contributed by atoms with Crippen LogP contribution in [-0.2, 0) is 17.7 Å². The predicted octanol–water partition coefficient (Wildman–Crippen LogP) is 5.06. The maximum Gasteiger partial charge on any atom is 0.410 e. The van der Waals surface area contributed by atoms with Gasteiger partial charge in [-0.3, -0.25) is 9.36 Å². The van der Waals surface area contributed by atoms with Crippen LogP contribution in [0.4, 0.5) is 16.4 Å². The standard InChI is InChI=1S/C27H32N6O3/c1-6-22(7-2)33-23-19(12-18(14-28)24(33)34)15-29-25(31-23)30-21-9-8-17-10-11-32(16-20(17)13-21)26(35)36-27(3,4)5/h8-9,12-13,15,22H,6-7,10-11,16H2,1-5H3,(H,29,30,31). The third-order valence-corrected chi connectivity index (χ3v) is 6.33. The summed E-state index contributed by atoms with van der Waals surface area (Å²) in [7, 11) is 0. The zero-order chi connectivity index (χ0) is 26.0. The minimum atomic E-state index is -0.544. The highest BCUT2D eigenvalue weighted by Gasteiger charge is 2.26. The molecule has 1 aliphatic heterocycles. The number of amides is 1. The Morgan fingerprint density at radius 3 is 2.64 bits per heavy atom. The number of rotatable bonds is 5. The molecule has 4 rings (SSSR count). The van der Waals surface area contributed by atoms with Crippen molar-refractivity contribution in [3.63, 3.8) is 0 Å². The fraction of sp³-hybridized carbons (Fsp3) is 0.444. The number of hydrogen-bond acceptors (Lipinski definition) is 7. The highest BCUT2D eigenvalue weighted by molar-refractivity contribution is 5.77. The van der Waals surface area contributed by atoms with Gasteiger partial charge in [-0.1, -0.05) is 19.9 Å². The van der Waals surface area contributed by atoms with Gasteiger partial charge in [-0.2, -0.15) is 10.2 Å². The minimum Gasteiger partial charge on any atom is -0.444 e. The first kappa shape index (κ1) is 25.2. The second kappa shape index (κ2) is 9.97. The van der Waals surface area contributed by atoms with Gasteiger partial charge in [-0.05, 0) is 69.4 Å². The molecule has 1 aliphatic rings. The van der Waals surface area contributed by atoms with Gasteiger partial charge in [0, 0.05) is 36.4 Å². The number of nitrogens with one attached hydrogen (secondary N) is 1. The summed E-state index contributed by atoms with van der Waals surface area (Å²) in [5, 5.41) is 13.3. The molecule has 0 saturated heterocycles. The lowest BCUT2D eigenvalue weighted by molar-refractivity contribution is 0.0224. The third kappa shape index (κ3) is 5.18. The number of benzene rings is 1. The molecule has 0 atom stereocenters. The zero-order valence-electron chi connectivity index (χ0n) is 21.5. The normalized spacial score (nSPS) is 13.4. The van der Waals surface area contributed by atoms with Gasteiger partial charge in [0.05, 0.1) is 0 Å². The molecular formula is C27H32N6O3. The van der Waals surface area contributed by atoms with Crippen molar-refractivity contribution in [2.45, 2.75) is 72.1 Å². The Morgan fingerprint density at radius 2 is 1.97 bits per heavy atom. The highest BCUT2D eigenvalue weighted by atomic mass is 16.6. The number of carbonyl (C=O) groups is 1. The fourth-order valence-corrected chi connectivity index (χ4v) is 4.50. The van der Waals surface area contributed by atoms with E-state index in [2.05, 4.69) is 15.3 Å². The molecular weight excluding hydrogens is 456 g/mol. The number of anilines is 2. The van der Waals surface area contributed by atoms with Crippen molar-refractivity contribution < 1.29 is 9.53 Å². The van der Waals surface area contributed by atoms with Crippen LogP contribution in [0.5, 0.6) is 0 Å². The van der Waals surface area contributed by atoms with Gasteiger partial charge in [0.15, 0.2) is 0 Å². The SMILES string of the molecule is CCC(CC)n1c(=O)c(C#N)cc2cnc(Nc3ccc4c(c3)CN(C(=O)OC(C)(C)C)CC4)nc21. The molecule has 1 amide bonds. The highest BCUT2D eigenvalue weighted by Crippen LogP contribution is 2.26. The average molecular weight is 489 g/mol. The molecule has 0 radical (unpaired) electrons. The Kier molecular flexibility index (Phi) is 6.97. The molecule has 188 valence electrons. The fourth-order valence-electron chi connectivity index (χ4n) is 4.50. The second-order valence-corrected chi connectivity index (χ2v) is 10.0. The lowest BCUT2D eigenvalue weighted by atomic mass is 9.99. The van der Waals surface area contributed by atoms with Crippen molar-refractivity contribution in [2.24, 2.45) is 0 Å². The second-order valence-electron chi connectivity index (χ2n) is 10.0. The topological polar surface area (TPSA) is 113 Å². The number of carbonyl (C=O) groups excluding carboxylic acids is 1. The van der Waals surface area contributed by atoms with Gasteiger partial charge in [0.1, 0.15) is 22.9 Å². The van der Waals surface area contributed by atoms with E-state index in [0.717, 1.165) is 30.5 Å². The minimum absolute atomic E-state index is 0.0707. The Labute approximate surface area is 210 Å². The summed E-state index contributed by atoms with van der Waals surface area (Å²) in [6, 6.07) is 9.47. The summed E-state index contributed by atoms with van der Waals surface area (Å²) >= 11 is 0. The zero-order valence-corrected chi connectivity index (χ0v) is 21.5. The quantitative estimate of drug-likeness (QED) is 0.534. The molecule has 2 aromatic heterocycles. The van der Waals surface area contributed by atoms with Crippen molar-refractivity contribution in [1.29, 1.82) is 5.26 Å². The first-order valence-electron chi connectivity index (χ1n) is 12.3. The van der Waals surface area contributed by atoms with Crippen molar-refractivity contribution in [2.75, 3.05) is 11.9 Å². The molecule has 9 nitrogen and oxygen atoms in total. The lowest BCUT2D eigenvalue weighted by Crippen LogP contribution is -2.39. The summed E-state index contributed by atoms with van der Waals surface area (Å²) in [6.45, 7) is 10.7. The maximum absolute atomic E-state index is 13.0. The van der Waals surface area contributed by atoms with Crippen LogP contribution < -0.4 is 10.9 Å². The van der Waals surface area contributed by atoms with Gasteiger partial charge in [0.25, 0.3) is 5.56 Å². The average Bonchev–Trinajstić information content (AvgIpc) is 2.84. The van der Waals surface area contributed by atoms with Crippen LogP contribution in [0.3, 0.4) is 0 Å². The first-order chi connectivity index (χ1) is 17.1. The van der Waals surface area contributed by atoms with Crippen LogP contribution in [0.1, 0.15) is 70.2 Å². The Balaban J connectivity index is 1.64. The van der Waals surface area contributed by atoms with E-state index < -0.39 is 5.60 Å². The summed E-state index contributed by atoms with van der Waals surface area (Å²) in [5.74, 6) is 0.353. The molecule has 9 heteroatoms. The molecule has 1 aromatic carbocycles. The van der Waals surface area contributed by atoms with Crippen LogP contribution in [0, 0.1) is 11.3 Å². The molecule has 3 heterocycles. The van der Waals surface area contributed by atoms with Gasteiger partial charge < -0.3 is 15.0 Å². The number of aromatic nitrogens is 3. The van der Waals surface area contributed by atoms with E-state index in [9.17, 15) is 14.9 Å². The molecule has 3 aromatic rings. The van der Waals surface area contributed by atoms with Gasteiger partial charge in [-0.25, -0.2) is 9.78 Å². The summed E-state index contributed by atoms with van der Waals surface area (Å²) in [5.41, 5.74) is 2.71. The molecule has 0 aliphatic carbocycles. The van der Waals surface area contributed by atoms with Crippen LogP contribution >= 0.6 is 0 Å². The summed E-state index contributed by atoms with van der Waals surface area (Å²) < 4.78 is 7.15. The van der Waals surface area contributed by atoms with Crippen LogP contribution in [0.2, 0.25) is 0 Å². The summed E-state index contributed by atoms with van der Waals surface area (Å²) in [6.07, 6.45) is 3.55. The molecule has 0 bridgehead atoms. The smallest absolute Gasteiger partial charge is 0.410 e. The summed E-state index contributed by atoms with van der Waals surface area (Å²) in [4.78, 5) is 36.3. The molecule has 0 fully saturated rings. The van der Waals surface area contributed by atoms with E-state index in [1.807, 2.05) is 58.9 Å². The van der Waals surface area contributed by atoms with Gasteiger partial charge in [-0.15, -0.1) is 0 Å². The largest absolute Gasteiger partial charge is 0.444 e. The lowest BCUT2D eigenvalue weighted by Gasteiger charge is -2.31. The van der Waals surface area contributed by atoms with Gasteiger partial charge >= 0.3 is 6.09 Å².